The number of rotatable bonds is 5. The number of Topliss-reactive ketones (excluding diaryl/α,β-unsaturated/α-hetero) is 1. The summed E-state index contributed by atoms with van der Waals surface area (Å²) in [5.74, 6) is -0.0496. The van der Waals surface area contributed by atoms with E-state index in [0.717, 1.165) is 9.80 Å². The van der Waals surface area contributed by atoms with Gasteiger partial charge in [0.05, 0.1) is 21.4 Å². The van der Waals surface area contributed by atoms with Crippen molar-refractivity contribution in [3.05, 3.63) is 75.0 Å². The van der Waals surface area contributed by atoms with Crippen LogP contribution in [-0.4, -0.2) is 18.3 Å². The zero-order chi connectivity index (χ0) is 16.8. The lowest BCUT2D eigenvalue weighted by molar-refractivity contribution is 0.105. The Morgan fingerprint density at radius 3 is 2.26 bits per heavy atom. The van der Waals surface area contributed by atoms with E-state index in [1.165, 1.54) is 23.5 Å². The number of ketones is 1. The number of hydrogen-bond donors (Lipinski definition) is 0. The van der Waals surface area contributed by atoms with E-state index in [1.54, 1.807) is 6.07 Å². The normalized spacial score (nSPS) is 10.0. The molecule has 0 bridgehead atoms. The highest BCUT2D eigenvalue weighted by molar-refractivity contribution is 8.22. The number of allylic oxidation sites excluding steroid dienone is 1. The molecular weight excluding hydrogens is 322 g/mol. The molecule has 4 heteroatoms. The van der Waals surface area contributed by atoms with Gasteiger partial charge in [0.1, 0.15) is 0 Å². The third kappa shape index (κ3) is 3.87. The summed E-state index contributed by atoms with van der Waals surface area (Å²) >= 11 is 3.07. The topological polar surface area (TPSA) is 40.9 Å². The van der Waals surface area contributed by atoms with E-state index < -0.39 is 0 Å². The summed E-state index contributed by atoms with van der Waals surface area (Å²) in [6.45, 7) is 1.97. The van der Waals surface area contributed by atoms with Crippen molar-refractivity contribution in [1.29, 1.82) is 5.26 Å². The quantitative estimate of drug-likeness (QED) is 0.558. The highest BCUT2D eigenvalue weighted by Crippen LogP contribution is 2.36. The second-order valence-corrected chi connectivity index (χ2v) is 6.82. The predicted molar refractivity (Wildman–Crippen MR) is 101 cm³/mol. The van der Waals surface area contributed by atoms with Crippen LogP contribution >= 0.6 is 23.5 Å². The van der Waals surface area contributed by atoms with Gasteiger partial charge in [-0.05, 0) is 31.6 Å². The van der Waals surface area contributed by atoms with Gasteiger partial charge in [0.25, 0.3) is 0 Å². The molecule has 0 spiro atoms. The van der Waals surface area contributed by atoms with Gasteiger partial charge in [-0.3, -0.25) is 4.79 Å². The van der Waals surface area contributed by atoms with Crippen molar-refractivity contribution >= 4 is 34.9 Å². The maximum absolute atomic E-state index is 13.1. The summed E-state index contributed by atoms with van der Waals surface area (Å²) in [6, 6.07) is 17.0. The number of carbonyl (C=O) groups excluding carboxylic acids is 1. The maximum Gasteiger partial charge on any atom is 0.195 e. The molecule has 23 heavy (non-hydrogen) atoms. The molecule has 0 aromatic heterocycles. The molecule has 0 aliphatic rings. The van der Waals surface area contributed by atoms with Crippen LogP contribution in [0.3, 0.4) is 0 Å². The average Bonchev–Trinajstić information content (AvgIpc) is 2.59. The first-order valence-corrected chi connectivity index (χ1v) is 9.50. The molecule has 116 valence electrons. The van der Waals surface area contributed by atoms with Crippen molar-refractivity contribution in [2.24, 2.45) is 0 Å². The van der Waals surface area contributed by atoms with Gasteiger partial charge < -0.3 is 0 Å². The van der Waals surface area contributed by atoms with E-state index in [1.807, 2.05) is 61.9 Å². The van der Waals surface area contributed by atoms with Gasteiger partial charge in [0.15, 0.2) is 5.78 Å². The fourth-order valence-corrected chi connectivity index (χ4v) is 3.79. The van der Waals surface area contributed by atoms with Crippen LogP contribution in [-0.2, 0) is 0 Å². The van der Waals surface area contributed by atoms with Gasteiger partial charge in [0, 0.05) is 11.1 Å². The molecule has 2 rings (SSSR count). The van der Waals surface area contributed by atoms with Crippen LogP contribution in [0, 0.1) is 18.3 Å². The van der Waals surface area contributed by atoms with Crippen molar-refractivity contribution in [3.63, 3.8) is 0 Å². The Bertz CT molecular complexity index is 783. The summed E-state index contributed by atoms with van der Waals surface area (Å²) in [6.07, 6.45) is 3.90. The Kier molecular flexibility index (Phi) is 6.09. The zero-order valence-electron chi connectivity index (χ0n) is 13.3. The lowest BCUT2D eigenvalue weighted by Crippen LogP contribution is -2.06. The van der Waals surface area contributed by atoms with Gasteiger partial charge in [-0.1, -0.05) is 42.0 Å². The van der Waals surface area contributed by atoms with Crippen molar-refractivity contribution in [2.75, 3.05) is 12.5 Å². The highest BCUT2D eigenvalue weighted by atomic mass is 32.2. The largest absolute Gasteiger partial charge is 0.289 e. The predicted octanol–water partition coefficient (Wildman–Crippen LogP) is 5.14. The molecule has 0 fully saturated rings. The number of nitrogens with zero attached hydrogens (tertiary/aromatic N) is 1. The first kappa shape index (κ1) is 17.4. The number of nitriles is 1. The van der Waals surface area contributed by atoms with E-state index in [0.29, 0.717) is 22.3 Å². The van der Waals surface area contributed by atoms with Gasteiger partial charge >= 0.3 is 0 Å². The van der Waals surface area contributed by atoms with Gasteiger partial charge in [-0.25, -0.2) is 0 Å². The third-order valence-electron chi connectivity index (χ3n) is 3.40. The summed E-state index contributed by atoms with van der Waals surface area (Å²) in [7, 11) is 0. The van der Waals surface area contributed by atoms with E-state index in [9.17, 15) is 10.1 Å². The molecule has 2 aromatic rings. The van der Waals surface area contributed by atoms with E-state index >= 15 is 0 Å². The average molecular weight is 339 g/mol. The Hall–Kier alpha value is -1.96. The Labute approximate surface area is 145 Å². The van der Waals surface area contributed by atoms with Crippen molar-refractivity contribution in [1.82, 2.24) is 0 Å². The molecule has 0 saturated heterocycles. The molecule has 0 amide bonds. The molecule has 2 nitrogen and oxygen atoms in total. The van der Waals surface area contributed by atoms with Crippen LogP contribution in [0.2, 0.25) is 0 Å². The lowest BCUT2D eigenvalue weighted by atomic mass is 9.93. The second kappa shape index (κ2) is 8.05. The molecule has 0 saturated carbocycles. The van der Waals surface area contributed by atoms with E-state index in [-0.39, 0.29) is 5.78 Å². The highest BCUT2D eigenvalue weighted by Gasteiger charge is 2.21. The number of aryl methyl sites for hydroxylation is 1. The minimum Gasteiger partial charge on any atom is -0.289 e. The monoisotopic (exact) mass is 339 g/mol. The summed E-state index contributed by atoms with van der Waals surface area (Å²) < 4.78 is 0.918. The fraction of sp³-hybridized carbons (Fsp3) is 0.158. The SMILES string of the molecule is CSC(SC)=C(C(=O)c1ccccc1)c1cc(C)ccc1C#N. The van der Waals surface area contributed by atoms with Gasteiger partial charge in [-0.15, -0.1) is 23.5 Å². The summed E-state index contributed by atoms with van der Waals surface area (Å²) in [4.78, 5) is 13.1. The number of benzene rings is 2. The van der Waals surface area contributed by atoms with Crippen LogP contribution in [0.25, 0.3) is 5.57 Å². The van der Waals surface area contributed by atoms with Crippen molar-refractivity contribution in [3.8, 4) is 6.07 Å². The lowest BCUT2D eigenvalue weighted by Gasteiger charge is -2.14. The summed E-state index contributed by atoms with van der Waals surface area (Å²) in [5, 5.41) is 9.44. The molecule has 0 N–H and O–H groups in total. The zero-order valence-corrected chi connectivity index (χ0v) is 14.9. The Morgan fingerprint density at radius 2 is 1.70 bits per heavy atom. The molecule has 0 atom stereocenters. The number of thioether (sulfide) groups is 2. The maximum atomic E-state index is 13.1. The summed E-state index contributed by atoms with van der Waals surface area (Å²) in [5.41, 5.74) is 3.50. The minimum atomic E-state index is -0.0496. The molecular formula is C19H17NOS2. The van der Waals surface area contributed by atoms with Crippen molar-refractivity contribution < 1.29 is 4.79 Å². The third-order valence-corrected chi connectivity index (χ3v) is 5.55. The Balaban J connectivity index is 2.72. The van der Waals surface area contributed by atoms with Crippen LogP contribution in [0.5, 0.6) is 0 Å². The molecule has 2 aromatic carbocycles. The van der Waals surface area contributed by atoms with Crippen molar-refractivity contribution in [2.45, 2.75) is 6.92 Å². The van der Waals surface area contributed by atoms with Crippen LogP contribution in [0.4, 0.5) is 0 Å². The van der Waals surface area contributed by atoms with Crippen LogP contribution in [0.15, 0.2) is 52.8 Å². The van der Waals surface area contributed by atoms with Gasteiger partial charge in [0.2, 0.25) is 0 Å². The smallest absolute Gasteiger partial charge is 0.195 e. The number of hydrogen-bond acceptors (Lipinski definition) is 4. The fourth-order valence-electron chi connectivity index (χ4n) is 2.31. The van der Waals surface area contributed by atoms with E-state index in [4.69, 9.17) is 0 Å². The minimum absolute atomic E-state index is 0.0496. The molecule has 0 heterocycles. The van der Waals surface area contributed by atoms with Crippen LogP contribution < -0.4 is 0 Å². The van der Waals surface area contributed by atoms with Crippen LogP contribution in [0.1, 0.15) is 27.0 Å². The van der Waals surface area contributed by atoms with E-state index in [2.05, 4.69) is 6.07 Å². The number of carbonyl (C=O) groups is 1. The molecule has 0 aliphatic heterocycles. The first-order valence-electron chi connectivity index (χ1n) is 7.05. The first-order chi connectivity index (χ1) is 11.1. The molecule has 0 unspecified atom stereocenters. The standard InChI is InChI=1S/C19H17NOS2/c1-13-9-10-15(12-20)16(11-13)17(19(22-2)23-3)18(21)14-7-5-4-6-8-14/h4-11H,1-3H3. The second-order valence-electron chi connectivity index (χ2n) is 4.93. The van der Waals surface area contributed by atoms with Gasteiger partial charge in [-0.2, -0.15) is 5.26 Å². The molecule has 0 aliphatic carbocycles. The Morgan fingerprint density at radius 1 is 1.04 bits per heavy atom. The molecule has 0 radical (unpaired) electrons.